The quantitative estimate of drug-likeness (QED) is 0.822. The predicted molar refractivity (Wildman–Crippen MR) is 81.5 cm³/mol. The Hall–Kier alpha value is -1.88. The van der Waals surface area contributed by atoms with E-state index in [0.717, 1.165) is 37.1 Å². The van der Waals surface area contributed by atoms with Crippen molar-refractivity contribution in [3.63, 3.8) is 0 Å². The van der Waals surface area contributed by atoms with Gasteiger partial charge in [-0.15, -0.1) is 0 Å². The van der Waals surface area contributed by atoms with Crippen molar-refractivity contribution in [3.05, 3.63) is 29.6 Å². The third-order valence-corrected chi connectivity index (χ3v) is 3.86. The summed E-state index contributed by atoms with van der Waals surface area (Å²) in [5.41, 5.74) is 1.93. The average Bonchev–Trinajstić information content (AvgIpc) is 2.75. The number of benzene rings is 1. The van der Waals surface area contributed by atoms with Crippen molar-refractivity contribution in [2.45, 2.75) is 39.7 Å². The molecule has 0 aliphatic heterocycles. The second kappa shape index (κ2) is 6.72. The zero-order valence-corrected chi connectivity index (χ0v) is 12.5. The van der Waals surface area contributed by atoms with Crippen molar-refractivity contribution in [2.75, 3.05) is 6.61 Å². The highest BCUT2D eigenvalue weighted by Gasteiger charge is 2.14. The summed E-state index contributed by atoms with van der Waals surface area (Å²) in [6.45, 7) is 5.08. The van der Waals surface area contributed by atoms with Crippen LogP contribution in [0.5, 0.6) is 0 Å². The Bertz CT molecular complexity index is 628. The first kappa shape index (κ1) is 15.5. The first-order valence-electron chi connectivity index (χ1n) is 7.37. The number of carboxylic acid groups (broad SMARTS) is 1. The number of aryl methyl sites for hydroxylation is 1. The van der Waals surface area contributed by atoms with Gasteiger partial charge in [-0.25, -0.2) is 9.78 Å². The van der Waals surface area contributed by atoms with Crippen LogP contribution in [0.3, 0.4) is 0 Å². The van der Waals surface area contributed by atoms with Crippen molar-refractivity contribution < 1.29 is 15.0 Å². The van der Waals surface area contributed by atoms with Crippen LogP contribution in [0.25, 0.3) is 11.0 Å². The number of aliphatic hydroxyl groups is 1. The molecule has 0 bridgehead atoms. The van der Waals surface area contributed by atoms with Gasteiger partial charge >= 0.3 is 5.97 Å². The number of imidazole rings is 1. The molecular formula is C16H22N2O3. The van der Waals surface area contributed by atoms with E-state index in [2.05, 4.69) is 16.5 Å². The van der Waals surface area contributed by atoms with Gasteiger partial charge < -0.3 is 14.8 Å². The molecule has 0 saturated heterocycles. The van der Waals surface area contributed by atoms with E-state index in [4.69, 9.17) is 5.11 Å². The van der Waals surface area contributed by atoms with Crippen LogP contribution in [0.2, 0.25) is 0 Å². The summed E-state index contributed by atoms with van der Waals surface area (Å²) >= 11 is 0. The fraction of sp³-hybridized carbons (Fsp3) is 0.500. The van der Waals surface area contributed by atoms with Crippen LogP contribution in [0.15, 0.2) is 18.2 Å². The summed E-state index contributed by atoms with van der Waals surface area (Å²) in [4.78, 5) is 15.5. The molecule has 114 valence electrons. The monoisotopic (exact) mass is 290 g/mol. The van der Waals surface area contributed by atoms with Gasteiger partial charge in [0.25, 0.3) is 0 Å². The molecule has 0 aliphatic rings. The largest absolute Gasteiger partial charge is 0.478 e. The highest BCUT2D eigenvalue weighted by molar-refractivity contribution is 5.92. The average molecular weight is 290 g/mol. The number of aromatic nitrogens is 2. The zero-order chi connectivity index (χ0) is 15.4. The molecule has 1 aromatic carbocycles. The molecule has 1 unspecified atom stereocenters. The SMILES string of the molecule is CCCC(CCO)Cn1c(C)nc2cc(C(=O)O)ccc21. The molecule has 0 fully saturated rings. The maximum atomic E-state index is 11.0. The van der Waals surface area contributed by atoms with Gasteiger partial charge in [0.1, 0.15) is 5.82 Å². The molecule has 0 saturated carbocycles. The van der Waals surface area contributed by atoms with E-state index in [1.54, 1.807) is 12.1 Å². The third-order valence-electron chi connectivity index (χ3n) is 3.86. The van der Waals surface area contributed by atoms with Crippen LogP contribution in [-0.4, -0.2) is 32.3 Å². The van der Waals surface area contributed by atoms with Crippen LogP contribution in [0.4, 0.5) is 0 Å². The Morgan fingerprint density at radius 3 is 2.76 bits per heavy atom. The van der Waals surface area contributed by atoms with Crippen molar-refractivity contribution in [1.82, 2.24) is 9.55 Å². The lowest BCUT2D eigenvalue weighted by Gasteiger charge is -2.17. The van der Waals surface area contributed by atoms with Crippen LogP contribution in [-0.2, 0) is 6.54 Å². The molecule has 1 aromatic heterocycles. The zero-order valence-electron chi connectivity index (χ0n) is 12.5. The fourth-order valence-electron chi connectivity index (χ4n) is 2.79. The molecule has 1 atom stereocenters. The number of aromatic carboxylic acids is 1. The summed E-state index contributed by atoms with van der Waals surface area (Å²) in [5.74, 6) is 0.357. The Labute approximate surface area is 124 Å². The highest BCUT2D eigenvalue weighted by atomic mass is 16.4. The van der Waals surface area contributed by atoms with Gasteiger partial charge in [-0.2, -0.15) is 0 Å². The Kier molecular flexibility index (Phi) is 4.96. The molecule has 5 heteroatoms. The molecule has 21 heavy (non-hydrogen) atoms. The fourth-order valence-corrected chi connectivity index (χ4v) is 2.79. The summed E-state index contributed by atoms with van der Waals surface area (Å²) in [6, 6.07) is 5.05. The van der Waals surface area contributed by atoms with E-state index in [9.17, 15) is 9.90 Å². The number of rotatable bonds is 7. The second-order valence-corrected chi connectivity index (χ2v) is 5.45. The third kappa shape index (κ3) is 3.42. The lowest BCUT2D eigenvalue weighted by atomic mass is 10.00. The van der Waals surface area contributed by atoms with Crippen molar-refractivity contribution in [1.29, 1.82) is 0 Å². The molecule has 2 aromatic rings. The summed E-state index contributed by atoms with van der Waals surface area (Å²) in [5, 5.41) is 18.2. The van der Waals surface area contributed by atoms with Crippen LogP contribution < -0.4 is 0 Å². The molecule has 0 spiro atoms. The topological polar surface area (TPSA) is 75.3 Å². The van der Waals surface area contributed by atoms with E-state index < -0.39 is 5.97 Å². The van der Waals surface area contributed by atoms with Crippen molar-refractivity contribution >= 4 is 17.0 Å². The molecule has 5 nitrogen and oxygen atoms in total. The van der Waals surface area contributed by atoms with Crippen molar-refractivity contribution in [3.8, 4) is 0 Å². The standard InChI is InChI=1S/C16H22N2O3/c1-3-4-12(7-8-19)10-18-11(2)17-14-9-13(16(20)21)5-6-15(14)18/h5-6,9,12,19H,3-4,7-8,10H2,1-2H3,(H,20,21). The lowest BCUT2D eigenvalue weighted by Crippen LogP contribution is -2.13. The van der Waals surface area contributed by atoms with E-state index in [-0.39, 0.29) is 12.2 Å². The maximum absolute atomic E-state index is 11.0. The number of nitrogens with zero attached hydrogens (tertiary/aromatic N) is 2. The lowest BCUT2D eigenvalue weighted by molar-refractivity contribution is 0.0697. The van der Waals surface area contributed by atoms with Gasteiger partial charge in [0.2, 0.25) is 0 Å². The normalized spacial score (nSPS) is 12.7. The smallest absolute Gasteiger partial charge is 0.335 e. The molecular weight excluding hydrogens is 268 g/mol. The summed E-state index contributed by atoms with van der Waals surface area (Å²) < 4.78 is 2.12. The first-order chi connectivity index (χ1) is 10.1. The Morgan fingerprint density at radius 2 is 2.14 bits per heavy atom. The second-order valence-electron chi connectivity index (χ2n) is 5.45. The maximum Gasteiger partial charge on any atom is 0.335 e. The van der Waals surface area contributed by atoms with E-state index in [1.807, 2.05) is 13.0 Å². The number of carboxylic acids is 1. The van der Waals surface area contributed by atoms with Gasteiger partial charge in [0, 0.05) is 13.2 Å². The number of hydrogen-bond acceptors (Lipinski definition) is 3. The number of carbonyl (C=O) groups is 1. The minimum Gasteiger partial charge on any atom is -0.478 e. The van der Waals surface area contributed by atoms with E-state index in [0.29, 0.717) is 11.4 Å². The number of hydrogen-bond donors (Lipinski definition) is 2. The molecule has 2 rings (SSSR count). The minimum atomic E-state index is -0.937. The molecule has 2 N–H and O–H groups in total. The molecule has 1 heterocycles. The van der Waals surface area contributed by atoms with Gasteiger partial charge in [-0.3, -0.25) is 0 Å². The van der Waals surface area contributed by atoms with Gasteiger partial charge in [0.15, 0.2) is 0 Å². The van der Waals surface area contributed by atoms with Gasteiger partial charge in [-0.1, -0.05) is 13.3 Å². The van der Waals surface area contributed by atoms with Crippen LogP contribution >= 0.6 is 0 Å². The van der Waals surface area contributed by atoms with Gasteiger partial charge in [0.05, 0.1) is 16.6 Å². The summed E-state index contributed by atoms with van der Waals surface area (Å²) in [6.07, 6.45) is 2.92. The van der Waals surface area contributed by atoms with Crippen LogP contribution in [0, 0.1) is 12.8 Å². The van der Waals surface area contributed by atoms with E-state index in [1.165, 1.54) is 0 Å². The minimum absolute atomic E-state index is 0.194. The van der Waals surface area contributed by atoms with Crippen LogP contribution in [0.1, 0.15) is 42.4 Å². The summed E-state index contributed by atoms with van der Waals surface area (Å²) in [7, 11) is 0. The molecule has 0 amide bonds. The predicted octanol–water partition coefficient (Wildman–Crippen LogP) is 2.84. The van der Waals surface area contributed by atoms with Crippen molar-refractivity contribution in [2.24, 2.45) is 5.92 Å². The van der Waals surface area contributed by atoms with Gasteiger partial charge in [-0.05, 0) is 43.9 Å². The Balaban J connectivity index is 2.34. The molecule has 0 aliphatic carbocycles. The number of aliphatic hydroxyl groups excluding tert-OH is 1. The van der Waals surface area contributed by atoms with E-state index >= 15 is 0 Å². The number of fused-ring (bicyclic) bond motifs is 1. The molecule has 0 radical (unpaired) electrons. The Morgan fingerprint density at radius 1 is 1.38 bits per heavy atom. The highest BCUT2D eigenvalue weighted by Crippen LogP contribution is 2.22. The first-order valence-corrected chi connectivity index (χ1v) is 7.37.